The van der Waals surface area contributed by atoms with Gasteiger partial charge in [-0.15, -0.1) is 11.3 Å². The first kappa shape index (κ1) is 11.7. The first-order valence-corrected chi connectivity index (χ1v) is 5.74. The fourth-order valence-electron chi connectivity index (χ4n) is 1.24. The van der Waals surface area contributed by atoms with E-state index in [-0.39, 0.29) is 11.6 Å². The molecule has 88 valence electrons. The number of carbonyl (C=O) groups excluding carboxylic acids is 1. The third kappa shape index (κ3) is 2.65. The number of amides is 1. The predicted octanol–water partition coefficient (Wildman–Crippen LogP) is 2.55. The number of nitrogens with one attached hydrogen (secondary N) is 1. The summed E-state index contributed by atoms with van der Waals surface area (Å²) in [6.07, 6.45) is 2.71. The molecular weight excluding hydrogens is 241 g/mol. The topological polar surface area (TPSA) is 54.9 Å². The molecule has 0 saturated carbocycles. The number of thiazole rings is 1. The number of nitrogens with zero attached hydrogens (tertiary/aromatic N) is 2. The Hall–Kier alpha value is -1.82. The van der Waals surface area contributed by atoms with Gasteiger partial charge in [-0.3, -0.25) is 10.1 Å². The number of aryl methyl sites for hydroxylation is 2. The van der Waals surface area contributed by atoms with E-state index < -0.39 is 5.82 Å². The summed E-state index contributed by atoms with van der Waals surface area (Å²) >= 11 is 1.37. The van der Waals surface area contributed by atoms with Crippen molar-refractivity contribution >= 4 is 22.4 Å². The van der Waals surface area contributed by atoms with E-state index in [0.717, 1.165) is 11.1 Å². The van der Waals surface area contributed by atoms with E-state index in [1.54, 1.807) is 13.1 Å². The maximum absolute atomic E-state index is 13.0. The molecule has 0 aliphatic rings. The molecule has 4 nitrogen and oxygen atoms in total. The molecule has 2 heterocycles. The maximum atomic E-state index is 13.0. The zero-order valence-corrected chi connectivity index (χ0v) is 10.1. The van der Waals surface area contributed by atoms with Gasteiger partial charge in [0, 0.05) is 11.1 Å². The Morgan fingerprint density at radius 3 is 2.71 bits per heavy atom. The summed E-state index contributed by atoms with van der Waals surface area (Å²) in [5, 5.41) is 3.12. The fraction of sp³-hybridized carbons (Fsp3) is 0.182. The lowest BCUT2D eigenvalue weighted by Gasteiger charge is -2.02. The predicted molar refractivity (Wildman–Crippen MR) is 63.7 cm³/mol. The lowest BCUT2D eigenvalue weighted by atomic mass is 10.2. The molecule has 2 aromatic heterocycles. The van der Waals surface area contributed by atoms with Crippen LogP contribution in [-0.4, -0.2) is 15.9 Å². The van der Waals surface area contributed by atoms with Crippen LogP contribution in [0.3, 0.4) is 0 Å². The molecule has 6 heteroatoms. The molecule has 0 atom stereocenters. The number of pyridine rings is 1. The number of carbonyl (C=O) groups is 1. The second-order valence-electron chi connectivity index (χ2n) is 3.55. The van der Waals surface area contributed by atoms with Crippen molar-refractivity contribution in [1.29, 1.82) is 0 Å². The monoisotopic (exact) mass is 251 g/mol. The van der Waals surface area contributed by atoms with Crippen molar-refractivity contribution < 1.29 is 9.18 Å². The zero-order chi connectivity index (χ0) is 12.4. The molecule has 0 spiro atoms. The van der Waals surface area contributed by atoms with Crippen molar-refractivity contribution in [2.75, 3.05) is 5.32 Å². The van der Waals surface area contributed by atoms with Gasteiger partial charge in [0.25, 0.3) is 5.91 Å². The lowest BCUT2D eigenvalue weighted by Crippen LogP contribution is -2.13. The largest absolute Gasteiger partial charge is 0.296 e. The van der Waals surface area contributed by atoms with E-state index in [2.05, 4.69) is 15.3 Å². The number of hydrogen-bond donors (Lipinski definition) is 1. The van der Waals surface area contributed by atoms with Crippen molar-refractivity contribution in [1.82, 2.24) is 9.97 Å². The van der Waals surface area contributed by atoms with Crippen LogP contribution >= 0.6 is 11.3 Å². The Balaban J connectivity index is 2.17. The van der Waals surface area contributed by atoms with Crippen LogP contribution in [0.2, 0.25) is 0 Å². The molecule has 0 aromatic carbocycles. The van der Waals surface area contributed by atoms with E-state index in [0.29, 0.717) is 10.7 Å². The maximum Gasteiger partial charge on any atom is 0.276 e. The quantitative estimate of drug-likeness (QED) is 0.892. The second kappa shape index (κ2) is 4.58. The minimum atomic E-state index is -0.424. The summed E-state index contributed by atoms with van der Waals surface area (Å²) in [4.78, 5) is 20.5. The highest BCUT2D eigenvalue weighted by molar-refractivity contribution is 7.15. The molecule has 0 aliphatic heterocycles. The van der Waals surface area contributed by atoms with Crippen LogP contribution in [-0.2, 0) is 0 Å². The first-order chi connectivity index (χ1) is 8.06. The molecule has 0 bridgehead atoms. The highest BCUT2D eigenvalue weighted by Crippen LogP contribution is 2.17. The van der Waals surface area contributed by atoms with Gasteiger partial charge in [-0.1, -0.05) is 0 Å². The van der Waals surface area contributed by atoms with Gasteiger partial charge < -0.3 is 0 Å². The third-order valence-corrected chi connectivity index (χ3v) is 2.95. The summed E-state index contributed by atoms with van der Waals surface area (Å²) in [5.74, 6) is -0.811. The number of rotatable bonds is 2. The minimum Gasteiger partial charge on any atom is -0.296 e. The average molecular weight is 251 g/mol. The summed E-state index contributed by atoms with van der Waals surface area (Å²) in [5.41, 5.74) is 0.567. The number of aromatic nitrogens is 2. The van der Waals surface area contributed by atoms with Gasteiger partial charge in [0.2, 0.25) is 0 Å². The summed E-state index contributed by atoms with van der Waals surface area (Å²) in [6, 6.07) is 1.41. The molecule has 0 saturated heterocycles. The van der Waals surface area contributed by atoms with Crippen LogP contribution in [0.25, 0.3) is 0 Å². The van der Waals surface area contributed by atoms with Crippen molar-refractivity contribution in [3.8, 4) is 0 Å². The highest BCUT2D eigenvalue weighted by atomic mass is 32.1. The van der Waals surface area contributed by atoms with Crippen molar-refractivity contribution in [3.05, 3.63) is 40.4 Å². The second-order valence-corrected chi connectivity index (χ2v) is 4.78. The van der Waals surface area contributed by atoms with Gasteiger partial charge in [-0.05, 0) is 25.5 Å². The van der Waals surface area contributed by atoms with Crippen molar-refractivity contribution in [3.63, 3.8) is 0 Å². The van der Waals surface area contributed by atoms with E-state index in [4.69, 9.17) is 0 Å². The lowest BCUT2D eigenvalue weighted by molar-refractivity contribution is 0.102. The molecule has 1 amide bonds. The molecule has 2 rings (SSSR count). The Morgan fingerprint density at radius 2 is 2.12 bits per heavy atom. The summed E-state index contributed by atoms with van der Waals surface area (Å²) < 4.78 is 13.0. The Morgan fingerprint density at radius 1 is 1.35 bits per heavy atom. The molecule has 0 fully saturated rings. The van der Waals surface area contributed by atoms with Crippen LogP contribution in [0, 0.1) is 19.7 Å². The molecule has 17 heavy (non-hydrogen) atoms. The molecule has 2 aromatic rings. The van der Waals surface area contributed by atoms with Crippen LogP contribution in [0.5, 0.6) is 0 Å². The Bertz CT molecular complexity index is 568. The molecular formula is C11H10FN3OS. The van der Waals surface area contributed by atoms with E-state index in [1.807, 2.05) is 6.92 Å². The normalized spacial score (nSPS) is 10.3. The highest BCUT2D eigenvalue weighted by Gasteiger charge is 2.11. The number of hydrogen-bond acceptors (Lipinski definition) is 4. The van der Waals surface area contributed by atoms with Gasteiger partial charge in [0.15, 0.2) is 5.13 Å². The molecule has 1 N–H and O–H groups in total. The number of halogens is 1. The standard InChI is InChI=1S/C11H10FN3OS/c1-6-3-9(13-5-8(6)12)10(16)15-11-14-4-7(2)17-11/h3-5H,1-2H3,(H,14,15,16). The SMILES string of the molecule is Cc1cnc(NC(=O)c2cc(C)c(F)cn2)s1. The number of anilines is 1. The Kier molecular flexibility index (Phi) is 3.14. The van der Waals surface area contributed by atoms with Gasteiger partial charge >= 0.3 is 0 Å². The van der Waals surface area contributed by atoms with Crippen LogP contribution in [0.15, 0.2) is 18.5 Å². The first-order valence-electron chi connectivity index (χ1n) is 4.92. The zero-order valence-electron chi connectivity index (χ0n) is 9.32. The van der Waals surface area contributed by atoms with E-state index in [9.17, 15) is 9.18 Å². The van der Waals surface area contributed by atoms with Crippen LogP contribution in [0.4, 0.5) is 9.52 Å². The van der Waals surface area contributed by atoms with Gasteiger partial charge in [-0.2, -0.15) is 0 Å². The van der Waals surface area contributed by atoms with Gasteiger partial charge in [0.1, 0.15) is 11.5 Å². The van der Waals surface area contributed by atoms with E-state index >= 15 is 0 Å². The molecule has 0 aliphatic carbocycles. The third-order valence-electron chi connectivity index (χ3n) is 2.12. The summed E-state index contributed by atoms with van der Waals surface area (Å²) in [7, 11) is 0. The minimum absolute atomic E-state index is 0.178. The molecule has 0 unspecified atom stereocenters. The van der Waals surface area contributed by atoms with Crippen LogP contribution < -0.4 is 5.32 Å². The van der Waals surface area contributed by atoms with Crippen molar-refractivity contribution in [2.24, 2.45) is 0 Å². The smallest absolute Gasteiger partial charge is 0.276 e. The van der Waals surface area contributed by atoms with E-state index in [1.165, 1.54) is 17.4 Å². The Labute approximate surface area is 102 Å². The van der Waals surface area contributed by atoms with Gasteiger partial charge in [-0.25, -0.2) is 14.4 Å². The van der Waals surface area contributed by atoms with Crippen LogP contribution in [0.1, 0.15) is 20.9 Å². The average Bonchev–Trinajstić information content (AvgIpc) is 2.68. The summed E-state index contributed by atoms with van der Waals surface area (Å²) in [6.45, 7) is 3.48. The van der Waals surface area contributed by atoms with Crippen molar-refractivity contribution in [2.45, 2.75) is 13.8 Å². The fourth-order valence-corrected chi connectivity index (χ4v) is 1.90. The molecule has 0 radical (unpaired) electrons. The van der Waals surface area contributed by atoms with Gasteiger partial charge in [0.05, 0.1) is 6.20 Å².